The summed E-state index contributed by atoms with van der Waals surface area (Å²) in [6.07, 6.45) is 2.05. The number of nitrogens with zero attached hydrogens (tertiary/aromatic N) is 1. The fourth-order valence-electron chi connectivity index (χ4n) is 3.55. The minimum Gasteiger partial charge on any atom is -0.448 e. The number of aryl methyl sites for hydroxylation is 1. The molecule has 5 nitrogen and oxygen atoms in total. The number of thiazole rings is 1. The molecule has 2 atom stereocenters. The molecule has 3 aromatic rings. The zero-order chi connectivity index (χ0) is 20.2. The van der Waals surface area contributed by atoms with E-state index in [1.165, 1.54) is 16.9 Å². The van der Waals surface area contributed by atoms with Crippen LogP contribution in [0.15, 0.2) is 60.0 Å². The zero-order valence-electron chi connectivity index (χ0n) is 16.1. The van der Waals surface area contributed by atoms with Gasteiger partial charge in [0.15, 0.2) is 11.8 Å². The van der Waals surface area contributed by atoms with Crippen LogP contribution in [0.25, 0.3) is 10.6 Å². The van der Waals surface area contributed by atoms with E-state index in [1.54, 1.807) is 12.3 Å². The standard InChI is InChI=1S/C23H22N2O3S/c1-15(21(26)24-19-13-7-11-16-8-5-6-12-18(16)19)28-23(27)20-14-29-22(25-20)17-9-3-2-4-10-17/h2-6,8-10,12,14-15,19H,7,11,13H2,1H3,(H,24,26)/t15-,19+/m0/s1. The molecule has 29 heavy (non-hydrogen) atoms. The molecule has 1 N–H and O–H groups in total. The third-order valence-electron chi connectivity index (χ3n) is 5.07. The number of hydrogen-bond acceptors (Lipinski definition) is 5. The van der Waals surface area contributed by atoms with Crippen molar-refractivity contribution in [1.82, 2.24) is 10.3 Å². The van der Waals surface area contributed by atoms with Gasteiger partial charge in [-0.2, -0.15) is 0 Å². The molecule has 0 spiro atoms. The highest BCUT2D eigenvalue weighted by atomic mass is 32.1. The molecule has 148 valence electrons. The number of benzene rings is 2. The Morgan fingerprint density at radius 1 is 1.14 bits per heavy atom. The molecule has 0 saturated carbocycles. The van der Waals surface area contributed by atoms with Gasteiger partial charge in [-0.25, -0.2) is 9.78 Å². The van der Waals surface area contributed by atoms with Crippen LogP contribution in [0.3, 0.4) is 0 Å². The Balaban J connectivity index is 1.38. The molecular weight excluding hydrogens is 384 g/mol. The smallest absolute Gasteiger partial charge is 0.358 e. The minimum atomic E-state index is -0.890. The summed E-state index contributed by atoms with van der Waals surface area (Å²) in [6.45, 7) is 1.59. The summed E-state index contributed by atoms with van der Waals surface area (Å²) >= 11 is 1.37. The van der Waals surface area contributed by atoms with Crippen LogP contribution >= 0.6 is 11.3 Å². The summed E-state index contributed by atoms with van der Waals surface area (Å²) in [5.41, 5.74) is 3.58. The molecule has 0 bridgehead atoms. The minimum absolute atomic E-state index is 0.0439. The average Bonchev–Trinajstić information content (AvgIpc) is 3.25. The van der Waals surface area contributed by atoms with Crippen molar-refractivity contribution in [2.75, 3.05) is 0 Å². The molecule has 0 aliphatic heterocycles. The second kappa shape index (κ2) is 8.57. The molecule has 4 rings (SSSR count). The second-order valence-corrected chi connectivity index (χ2v) is 7.96. The van der Waals surface area contributed by atoms with Crippen LogP contribution < -0.4 is 5.32 Å². The number of amides is 1. The van der Waals surface area contributed by atoms with E-state index in [0.717, 1.165) is 35.4 Å². The van der Waals surface area contributed by atoms with E-state index in [2.05, 4.69) is 22.4 Å². The van der Waals surface area contributed by atoms with Crippen molar-refractivity contribution in [3.8, 4) is 10.6 Å². The third kappa shape index (κ3) is 4.38. The molecule has 1 amide bonds. The van der Waals surface area contributed by atoms with Crippen molar-refractivity contribution in [2.24, 2.45) is 0 Å². The summed E-state index contributed by atoms with van der Waals surface area (Å²) in [6, 6.07) is 17.8. The highest BCUT2D eigenvalue weighted by molar-refractivity contribution is 7.13. The first-order valence-corrected chi connectivity index (χ1v) is 10.6. The lowest BCUT2D eigenvalue weighted by atomic mass is 9.87. The number of carbonyl (C=O) groups excluding carboxylic acids is 2. The van der Waals surface area contributed by atoms with Gasteiger partial charge in [0.25, 0.3) is 5.91 Å². The first kappa shape index (κ1) is 19.3. The number of rotatable bonds is 5. The van der Waals surface area contributed by atoms with Gasteiger partial charge in [-0.1, -0.05) is 54.6 Å². The Labute approximate surface area is 173 Å². The molecular formula is C23H22N2O3S. The van der Waals surface area contributed by atoms with Crippen LogP contribution in [-0.2, 0) is 16.0 Å². The summed E-state index contributed by atoms with van der Waals surface area (Å²) in [5, 5.41) is 5.43. The van der Waals surface area contributed by atoms with Crippen molar-refractivity contribution < 1.29 is 14.3 Å². The van der Waals surface area contributed by atoms with Gasteiger partial charge in [0.2, 0.25) is 0 Å². The first-order chi connectivity index (χ1) is 14.1. The molecule has 6 heteroatoms. The Morgan fingerprint density at radius 3 is 2.72 bits per heavy atom. The maximum absolute atomic E-state index is 12.6. The summed E-state index contributed by atoms with van der Waals surface area (Å²) in [5.74, 6) is -0.881. The van der Waals surface area contributed by atoms with Gasteiger partial charge in [-0.15, -0.1) is 11.3 Å². The van der Waals surface area contributed by atoms with Gasteiger partial charge in [-0.05, 0) is 37.3 Å². The number of hydrogen-bond donors (Lipinski definition) is 1. The van der Waals surface area contributed by atoms with Crippen LogP contribution in [-0.4, -0.2) is 23.0 Å². The largest absolute Gasteiger partial charge is 0.448 e. The SMILES string of the molecule is C[C@H](OC(=O)c1csc(-c2ccccc2)n1)C(=O)N[C@@H]1CCCc2ccccc21. The lowest BCUT2D eigenvalue weighted by Gasteiger charge is -2.27. The Morgan fingerprint density at radius 2 is 1.90 bits per heavy atom. The van der Waals surface area contributed by atoms with E-state index in [4.69, 9.17) is 4.74 Å². The van der Waals surface area contributed by atoms with Crippen LogP contribution in [0.4, 0.5) is 0 Å². The van der Waals surface area contributed by atoms with E-state index in [0.29, 0.717) is 0 Å². The number of aromatic nitrogens is 1. The van der Waals surface area contributed by atoms with E-state index in [-0.39, 0.29) is 17.6 Å². The number of esters is 1. The number of carbonyl (C=O) groups is 2. The average molecular weight is 407 g/mol. The highest BCUT2D eigenvalue weighted by Gasteiger charge is 2.26. The normalized spacial score (nSPS) is 16.5. The van der Waals surface area contributed by atoms with E-state index in [1.807, 2.05) is 42.5 Å². The quantitative estimate of drug-likeness (QED) is 0.631. The lowest BCUT2D eigenvalue weighted by Crippen LogP contribution is -2.39. The maximum atomic E-state index is 12.6. The van der Waals surface area contributed by atoms with Gasteiger partial charge in [-0.3, -0.25) is 4.79 Å². The maximum Gasteiger partial charge on any atom is 0.358 e. The van der Waals surface area contributed by atoms with Gasteiger partial charge in [0, 0.05) is 10.9 Å². The lowest BCUT2D eigenvalue weighted by molar-refractivity contribution is -0.130. The van der Waals surface area contributed by atoms with Crippen LogP contribution in [0.1, 0.15) is 47.4 Å². The molecule has 1 heterocycles. The topological polar surface area (TPSA) is 68.3 Å². The van der Waals surface area contributed by atoms with Crippen LogP contribution in [0.5, 0.6) is 0 Å². The van der Waals surface area contributed by atoms with Crippen molar-refractivity contribution in [3.05, 3.63) is 76.8 Å². The van der Waals surface area contributed by atoms with Crippen molar-refractivity contribution in [2.45, 2.75) is 38.3 Å². The molecule has 0 radical (unpaired) electrons. The molecule has 1 aliphatic carbocycles. The molecule has 2 aromatic carbocycles. The predicted molar refractivity (Wildman–Crippen MR) is 113 cm³/mol. The second-order valence-electron chi connectivity index (χ2n) is 7.10. The molecule has 0 fully saturated rings. The number of fused-ring (bicyclic) bond motifs is 1. The van der Waals surface area contributed by atoms with Gasteiger partial charge >= 0.3 is 5.97 Å². The molecule has 0 unspecified atom stereocenters. The Bertz CT molecular complexity index is 1020. The van der Waals surface area contributed by atoms with Crippen LogP contribution in [0, 0.1) is 0 Å². The van der Waals surface area contributed by atoms with Gasteiger partial charge in [0.05, 0.1) is 6.04 Å². The predicted octanol–water partition coefficient (Wildman–Crippen LogP) is 4.55. The Kier molecular flexibility index (Phi) is 5.71. The molecule has 1 aromatic heterocycles. The molecule has 0 saturated heterocycles. The Hall–Kier alpha value is -2.99. The number of ether oxygens (including phenoxy) is 1. The van der Waals surface area contributed by atoms with E-state index < -0.39 is 12.1 Å². The van der Waals surface area contributed by atoms with Crippen molar-refractivity contribution >= 4 is 23.2 Å². The van der Waals surface area contributed by atoms with Crippen molar-refractivity contribution in [3.63, 3.8) is 0 Å². The zero-order valence-corrected chi connectivity index (χ0v) is 16.9. The molecule has 1 aliphatic rings. The van der Waals surface area contributed by atoms with Gasteiger partial charge < -0.3 is 10.1 Å². The third-order valence-corrected chi connectivity index (χ3v) is 5.96. The fourth-order valence-corrected chi connectivity index (χ4v) is 4.34. The summed E-state index contributed by atoms with van der Waals surface area (Å²) in [4.78, 5) is 29.4. The monoisotopic (exact) mass is 406 g/mol. The first-order valence-electron chi connectivity index (χ1n) is 9.72. The van der Waals surface area contributed by atoms with Crippen LogP contribution in [0.2, 0.25) is 0 Å². The van der Waals surface area contributed by atoms with Crippen molar-refractivity contribution in [1.29, 1.82) is 0 Å². The van der Waals surface area contributed by atoms with E-state index in [9.17, 15) is 9.59 Å². The summed E-state index contributed by atoms with van der Waals surface area (Å²) < 4.78 is 5.37. The highest BCUT2D eigenvalue weighted by Crippen LogP contribution is 2.29. The fraction of sp³-hybridized carbons (Fsp3) is 0.261. The summed E-state index contributed by atoms with van der Waals surface area (Å²) in [7, 11) is 0. The number of nitrogens with one attached hydrogen (secondary N) is 1. The van der Waals surface area contributed by atoms with E-state index >= 15 is 0 Å². The van der Waals surface area contributed by atoms with Gasteiger partial charge in [0.1, 0.15) is 5.01 Å².